The molecule has 3 aliphatic heterocycles. The molecule has 1 saturated heterocycles. The van der Waals surface area contributed by atoms with Crippen LogP contribution in [0.25, 0.3) is 0 Å². The maximum absolute atomic E-state index is 12.9. The normalized spacial score (nSPS) is 19.0. The van der Waals surface area contributed by atoms with Crippen molar-refractivity contribution in [3.63, 3.8) is 0 Å². The molecule has 0 saturated carbocycles. The molecule has 2 N–H and O–H groups in total. The van der Waals surface area contributed by atoms with E-state index in [1.165, 1.54) is 0 Å². The number of likely N-dealkylation sites (tertiary alicyclic amines) is 1. The molecule has 3 aliphatic rings. The van der Waals surface area contributed by atoms with Crippen LogP contribution in [-0.4, -0.2) is 42.3 Å². The highest BCUT2D eigenvalue weighted by molar-refractivity contribution is 6.02. The zero-order chi connectivity index (χ0) is 19.3. The van der Waals surface area contributed by atoms with Crippen molar-refractivity contribution in [2.24, 2.45) is 0 Å². The van der Waals surface area contributed by atoms with Gasteiger partial charge in [0.05, 0.1) is 5.56 Å². The number of carbonyl (C=O) groups is 2. The number of aryl methyl sites for hydroxylation is 1. The minimum atomic E-state index is -0.509. The van der Waals surface area contributed by atoms with Gasteiger partial charge in [-0.25, -0.2) is 0 Å². The van der Waals surface area contributed by atoms with Crippen LogP contribution >= 0.6 is 0 Å². The molecule has 1 spiro atoms. The first kappa shape index (κ1) is 16.9. The molecule has 7 heteroatoms. The third-order valence-corrected chi connectivity index (χ3v) is 5.67. The Hall–Kier alpha value is -3.22. The minimum Gasteiger partial charge on any atom is -0.454 e. The summed E-state index contributed by atoms with van der Waals surface area (Å²) < 4.78 is 10.7. The highest BCUT2D eigenvalue weighted by atomic mass is 16.7. The Kier molecular flexibility index (Phi) is 3.72. The second-order valence-corrected chi connectivity index (χ2v) is 7.57. The Morgan fingerprint density at radius 1 is 1.04 bits per heavy atom. The third-order valence-electron chi connectivity index (χ3n) is 5.67. The second kappa shape index (κ2) is 6.15. The van der Waals surface area contributed by atoms with Crippen molar-refractivity contribution in [1.29, 1.82) is 0 Å². The van der Waals surface area contributed by atoms with Crippen molar-refractivity contribution in [3.8, 4) is 11.5 Å². The van der Waals surface area contributed by atoms with Gasteiger partial charge in [0.25, 0.3) is 11.8 Å². The van der Waals surface area contributed by atoms with Crippen LogP contribution in [0.5, 0.6) is 11.5 Å². The largest absolute Gasteiger partial charge is 0.454 e. The van der Waals surface area contributed by atoms with Gasteiger partial charge >= 0.3 is 0 Å². The highest BCUT2D eigenvalue weighted by Gasteiger charge is 2.41. The lowest BCUT2D eigenvalue weighted by molar-refractivity contribution is 0.0639. The Morgan fingerprint density at radius 3 is 2.64 bits per heavy atom. The lowest BCUT2D eigenvalue weighted by Crippen LogP contribution is -2.62. The predicted octanol–water partition coefficient (Wildman–Crippen LogP) is 2.51. The molecular formula is C21H21N3O4. The fourth-order valence-electron chi connectivity index (χ4n) is 4.08. The first-order valence-electron chi connectivity index (χ1n) is 9.43. The number of nitrogens with zero attached hydrogens (tertiary/aromatic N) is 1. The molecule has 3 heterocycles. The summed E-state index contributed by atoms with van der Waals surface area (Å²) in [5.74, 6) is 1.17. The number of hydrogen-bond donors (Lipinski definition) is 2. The topological polar surface area (TPSA) is 79.9 Å². The number of ether oxygens (including phenoxy) is 2. The van der Waals surface area contributed by atoms with Gasteiger partial charge in [-0.05, 0) is 37.3 Å². The first-order valence-corrected chi connectivity index (χ1v) is 9.43. The standard InChI is InChI=1S/C21H21N3O4/c1-13-2-4-16-15(10-13)19(25)23-21(22-16)6-8-24(9-7-21)20(26)14-3-5-17-18(11-14)28-12-27-17/h2-5,10-11,22H,6-9,12H2,1H3,(H,23,25). The second-order valence-electron chi connectivity index (χ2n) is 7.57. The average molecular weight is 379 g/mol. The summed E-state index contributed by atoms with van der Waals surface area (Å²) in [6, 6.07) is 11.1. The number of anilines is 1. The number of amides is 2. The van der Waals surface area contributed by atoms with Gasteiger partial charge in [-0.2, -0.15) is 0 Å². The number of fused-ring (bicyclic) bond motifs is 2. The molecule has 1 fully saturated rings. The molecule has 0 bridgehead atoms. The molecule has 28 heavy (non-hydrogen) atoms. The SMILES string of the molecule is Cc1ccc2c(c1)C(=O)NC1(CCN(C(=O)c3ccc4c(c3)OCO4)CC1)N2. The number of carbonyl (C=O) groups excluding carboxylic acids is 2. The van der Waals surface area contributed by atoms with Crippen molar-refractivity contribution >= 4 is 17.5 Å². The number of nitrogens with one attached hydrogen (secondary N) is 2. The van der Waals surface area contributed by atoms with Crippen molar-refractivity contribution in [3.05, 3.63) is 53.1 Å². The molecule has 0 radical (unpaired) electrons. The van der Waals surface area contributed by atoms with E-state index < -0.39 is 5.66 Å². The summed E-state index contributed by atoms with van der Waals surface area (Å²) in [7, 11) is 0. The molecule has 2 aromatic carbocycles. The fraction of sp³-hybridized carbons (Fsp3) is 0.333. The lowest BCUT2D eigenvalue weighted by Gasteiger charge is -2.46. The van der Waals surface area contributed by atoms with E-state index in [4.69, 9.17) is 9.47 Å². The quantitative estimate of drug-likeness (QED) is 0.796. The van der Waals surface area contributed by atoms with Crippen molar-refractivity contribution < 1.29 is 19.1 Å². The van der Waals surface area contributed by atoms with Crippen LogP contribution in [0, 0.1) is 6.92 Å². The van der Waals surface area contributed by atoms with E-state index in [0.717, 1.165) is 11.3 Å². The molecule has 5 rings (SSSR count). The van der Waals surface area contributed by atoms with Crippen molar-refractivity contribution in [2.45, 2.75) is 25.4 Å². The molecule has 0 aliphatic carbocycles. The molecule has 0 atom stereocenters. The van der Waals surface area contributed by atoms with Crippen LogP contribution in [0.3, 0.4) is 0 Å². The molecule has 2 aromatic rings. The first-order chi connectivity index (χ1) is 13.5. The van der Waals surface area contributed by atoms with E-state index in [2.05, 4.69) is 10.6 Å². The van der Waals surface area contributed by atoms with Crippen LogP contribution < -0.4 is 20.1 Å². The van der Waals surface area contributed by atoms with E-state index in [1.807, 2.05) is 30.0 Å². The van der Waals surface area contributed by atoms with Crippen LogP contribution in [0.1, 0.15) is 39.1 Å². The average Bonchev–Trinajstić information content (AvgIpc) is 3.17. The van der Waals surface area contributed by atoms with Gasteiger partial charge in [0, 0.05) is 37.2 Å². The monoisotopic (exact) mass is 379 g/mol. The zero-order valence-electron chi connectivity index (χ0n) is 15.6. The summed E-state index contributed by atoms with van der Waals surface area (Å²) in [4.78, 5) is 27.3. The summed E-state index contributed by atoms with van der Waals surface area (Å²) in [5.41, 5.74) is 2.65. The summed E-state index contributed by atoms with van der Waals surface area (Å²) in [6.07, 6.45) is 1.28. The summed E-state index contributed by atoms with van der Waals surface area (Å²) in [5, 5.41) is 6.62. The van der Waals surface area contributed by atoms with E-state index >= 15 is 0 Å². The van der Waals surface area contributed by atoms with Crippen LogP contribution in [0.4, 0.5) is 5.69 Å². The third kappa shape index (κ3) is 2.74. The number of piperidine rings is 1. The van der Waals surface area contributed by atoms with Gasteiger partial charge < -0.3 is 25.0 Å². The Labute approximate surface area is 162 Å². The van der Waals surface area contributed by atoms with Crippen molar-refractivity contribution in [1.82, 2.24) is 10.2 Å². The van der Waals surface area contributed by atoms with Gasteiger partial charge in [0.15, 0.2) is 11.5 Å². The Bertz CT molecular complexity index is 980. The van der Waals surface area contributed by atoms with Crippen LogP contribution in [0.2, 0.25) is 0 Å². The highest BCUT2D eigenvalue weighted by Crippen LogP contribution is 2.34. The fourth-order valence-corrected chi connectivity index (χ4v) is 4.08. The number of rotatable bonds is 1. The maximum atomic E-state index is 12.9. The zero-order valence-corrected chi connectivity index (χ0v) is 15.6. The van der Waals surface area contributed by atoms with E-state index in [0.29, 0.717) is 48.6 Å². The van der Waals surface area contributed by atoms with Gasteiger partial charge in [0.1, 0.15) is 5.66 Å². The molecule has 144 valence electrons. The molecular weight excluding hydrogens is 358 g/mol. The van der Waals surface area contributed by atoms with Gasteiger partial charge in [-0.1, -0.05) is 11.6 Å². The van der Waals surface area contributed by atoms with Gasteiger partial charge in [0.2, 0.25) is 6.79 Å². The van der Waals surface area contributed by atoms with Gasteiger partial charge in [-0.3, -0.25) is 9.59 Å². The van der Waals surface area contributed by atoms with E-state index in [-0.39, 0.29) is 18.6 Å². The lowest BCUT2D eigenvalue weighted by atomic mass is 9.91. The van der Waals surface area contributed by atoms with Gasteiger partial charge in [-0.15, -0.1) is 0 Å². The van der Waals surface area contributed by atoms with E-state index in [9.17, 15) is 9.59 Å². The summed E-state index contributed by atoms with van der Waals surface area (Å²) >= 11 is 0. The Morgan fingerprint density at radius 2 is 1.82 bits per heavy atom. The number of hydrogen-bond acceptors (Lipinski definition) is 5. The summed E-state index contributed by atoms with van der Waals surface area (Å²) in [6.45, 7) is 3.27. The smallest absolute Gasteiger partial charge is 0.255 e. The van der Waals surface area contributed by atoms with E-state index in [1.54, 1.807) is 18.2 Å². The van der Waals surface area contributed by atoms with Crippen LogP contribution in [-0.2, 0) is 0 Å². The van der Waals surface area contributed by atoms with Crippen LogP contribution in [0.15, 0.2) is 36.4 Å². The molecule has 0 unspecified atom stereocenters. The Balaban J connectivity index is 1.30. The number of benzene rings is 2. The predicted molar refractivity (Wildman–Crippen MR) is 103 cm³/mol. The molecule has 0 aromatic heterocycles. The molecule has 2 amide bonds. The molecule has 7 nitrogen and oxygen atoms in total. The van der Waals surface area contributed by atoms with Crippen molar-refractivity contribution in [2.75, 3.05) is 25.2 Å². The minimum absolute atomic E-state index is 0.0358. The maximum Gasteiger partial charge on any atom is 0.255 e.